The Hall–Kier alpha value is -5.58. The number of methoxy groups -OCH3 is 2. The van der Waals surface area contributed by atoms with Crippen molar-refractivity contribution >= 4 is 51.9 Å². The summed E-state index contributed by atoms with van der Waals surface area (Å²) in [5.41, 5.74) is 3.35. The highest BCUT2D eigenvalue weighted by atomic mass is 16.5. The van der Waals surface area contributed by atoms with Crippen LogP contribution in [0.15, 0.2) is 60.8 Å². The highest BCUT2D eigenvalue weighted by molar-refractivity contribution is 6.01. The Labute approximate surface area is 398 Å². The number of aromatic nitrogens is 1. The van der Waals surface area contributed by atoms with Crippen LogP contribution in [0.5, 0.6) is 0 Å². The maximum absolute atomic E-state index is 15.3. The summed E-state index contributed by atoms with van der Waals surface area (Å²) in [6, 6.07) is 10.5. The third kappa shape index (κ3) is 9.82. The number of nitrogens with zero attached hydrogens (tertiary/aromatic N) is 3. The van der Waals surface area contributed by atoms with Crippen LogP contribution < -0.4 is 21.3 Å². The van der Waals surface area contributed by atoms with Gasteiger partial charge in [-0.2, -0.15) is 0 Å². The number of fused-ring (bicyclic) bond motifs is 6. The Morgan fingerprint density at radius 3 is 2.24 bits per heavy atom. The fraction of sp³-hybridized carbons (Fsp3) is 0.577. The highest BCUT2D eigenvalue weighted by Gasteiger charge is 2.52. The lowest BCUT2D eigenvalue weighted by molar-refractivity contribution is -0.150. The third-order valence-corrected chi connectivity index (χ3v) is 15.7. The van der Waals surface area contributed by atoms with Crippen LogP contribution >= 0.6 is 0 Å². The maximum atomic E-state index is 15.3. The Morgan fingerprint density at radius 2 is 1.44 bits per heavy atom. The average Bonchev–Trinajstić information content (AvgIpc) is 4.22. The van der Waals surface area contributed by atoms with E-state index in [4.69, 9.17) is 9.47 Å². The van der Waals surface area contributed by atoms with Gasteiger partial charge in [0, 0.05) is 76.4 Å². The van der Waals surface area contributed by atoms with E-state index >= 15 is 28.8 Å². The lowest BCUT2D eigenvalue weighted by Crippen LogP contribution is -2.65. The summed E-state index contributed by atoms with van der Waals surface area (Å²) in [4.78, 5) is 99.4. The van der Waals surface area contributed by atoms with Crippen LogP contribution in [-0.4, -0.2) is 151 Å². The summed E-state index contributed by atoms with van der Waals surface area (Å²) in [5, 5.41) is 13.4. The first-order chi connectivity index (χ1) is 33.1. The van der Waals surface area contributed by atoms with E-state index in [1.165, 1.54) is 0 Å². The number of allylic oxidation sites excluding steroid dienone is 1. The van der Waals surface area contributed by atoms with E-state index in [2.05, 4.69) is 38.4 Å². The molecule has 7 atom stereocenters. The second-order valence-electron chi connectivity index (χ2n) is 19.9. The van der Waals surface area contributed by atoms with Crippen molar-refractivity contribution < 1.29 is 38.2 Å². The first-order valence-corrected chi connectivity index (χ1v) is 25.0. The number of hydrogen-bond acceptors (Lipinski definition) is 9. The van der Waals surface area contributed by atoms with Crippen LogP contribution in [0.1, 0.15) is 93.7 Å². The molecule has 3 saturated heterocycles. The van der Waals surface area contributed by atoms with Crippen molar-refractivity contribution in [3.63, 3.8) is 0 Å². The van der Waals surface area contributed by atoms with Crippen molar-refractivity contribution in [3.8, 4) is 0 Å². The van der Waals surface area contributed by atoms with E-state index in [1.54, 1.807) is 24.0 Å². The predicted molar refractivity (Wildman–Crippen MR) is 256 cm³/mol. The predicted octanol–water partition coefficient (Wildman–Crippen LogP) is 3.38. The lowest BCUT2D eigenvalue weighted by Gasteiger charge is -2.39. The number of carbonyl (C=O) groups excluding carboxylic acids is 6. The molecule has 3 aromatic rings. The number of amides is 6. The van der Waals surface area contributed by atoms with E-state index < -0.39 is 65.3 Å². The van der Waals surface area contributed by atoms with Crippen molar-refractivity contribution in [2.24, 2.45) is 5.92 Å². The molecule has 0 unspecified atom stereocenters. The number of H-pyrrole nitrogens is 1. The molecule has 6 aliphatic rings. The lowest BCUT2D eigenvalue weighted by atomic mass is 9.84. The molecule has 0 radical (unpaired) electrons. The summed E-state index contributed by atoms with van der Waals surface area (Å²) in [6.07, 6.45) is 11.9. The quantitative estimate of drug-likeness (QED) is 0.181. The molecule has 5 N–H and O–H groups in total. The van der Waals surface area contributed by atoms with Crippen LogP contribution in [0.4, 0.5) is 0 Å². The molecule has 3 aliphatic heterocycles. The fourth-order valence-electron chi connectivity index (χ4n) is 12.1. The van der Waals surface area contributed by atoms with Gasteiger partial charge in [-0.25, -0.2) is 0 Å². The Morgan fingerprint density at radius 1 is 0.721 bits per heavy atom. The fourth-order valence-corrected chi connectivity index (χ4v) is 12.1. The molecular weight excluding hydrogens is 865 g/mol. The van der Waals surface area contributed by atoms with Crippen molar-refractivity contribution in [1.29, 1.82) is 0 Å². The third-order valence-electron chi connectivity index (χ3n) is 15.7. The Balaban J connectivity index is 1.12. The Kier molecular flexibility index (Phi) is 14.6. The van der Waals surface area contributed by atoms with Crippen LogP contribution in [0.25, 0.3) is 16.5 Å². The number of para-hydroxylation sites is 1. The average molecular weight is 933 g/mol. The molecule has 68 heavy (non-hydrogen) atoms. The zero-order valence-electron chi connectivity index (χ0n) is 39.6. The molecule has 16 nitrogen and oxygen atoms in total. The summed E-state index contributed by atoms with van der Waals surface area (Å²) in [5.74, 6) is -2.54. The summed E-state index contributed by atoms with van der Waals surface area (Å²) >= 11 is 0. The number of benzene rings is 2. The number of rotatable bonds is 12. The standard InChI is InChI=1S/C52H68N8O8/c1-67-26-24-58(25-27-68-2)32-42-49(64)59-23-11-18-44(59)50(65)60-43-17-8-4-13-35(43)30-45(60)48(63)54-41(28-34-20-19-33-12-3-5-14-37(33)34)47(62)57-52(21-9-10-22-52)51(66)56-40(46(61)55-42)29-36-31-53-39-16-7-6-15-38(36)39/h3,5-7,12,14-16,20,31,35,40-45,53H,4,8-11,13,17-19,21-30,32H2,1-2H3,(H,54,63)(H,55,61)(H,56,66)(H,57,62)/t35-,40-,41-,42-,43-,44+,45-/m0/s1. The highest BCUT2D eigenvalue weighted by Crippen LogP contribution is 2.42. The molecule has 16 heteroatoms. The van der Waals surface area contributed by atoms with Gasteiger partial charge in [-0.15, -0.1) is 0 Å². The van der Waals surface area contributed by atoms with Crippen LogP contribution in [-0.2, 0) is 51.1 Å². The number of hydrogen-bond donors (Lipinski definition) is 5. The largest absolute Gasteiger partial charge is 0.383 e. The minimum atomic E-state index is -1.38. The van der Waals surface area contributed by atoms with E-state index in [9.17, 15) is 0 Å². The zero-order chi connectivity index (χ0) is 47.4. The van der Waals surface area contributed by atoms with E-state index in [1.807, 2.05) is 53.6 Å². The molecule has 2 aromatic carbocycles. The van der Waals surface area contributed by atoms with Gasteiger partial charge in [0.2, 0.25) is 35.4 Å². The molecule has 0 bridgehead atoms. The normalized spacial score (nSPS) is 27.8. The first kappa shape index (κ1) is 47.5. The van der Waals surface area contributed by atoms with Crippen LogP contribution in [0, 0.1) is 5.92 Å². The summed E-state index contributed by atoms with van der Waals surface area (Å²) < 4.78 is 10.9. The van der Waals surface area contributed by atoms with E-state index in [0.717, 1.165) is 58.8 Å². The molecule has 1 spiro atoms. The van der Waals surface area contributed by atoms with Gasteiger partial charge in [-0.3, -0.25) is 33.7 Å². The number of ether oxygens (including phenoxy) is 2. The molecule has 2 saturated carbocycles. The minimum Gasteiger partial charge on any atom is -0.383 e. The van der Waals surface area contributed by atoms with Gasteiger partial charge in [0.15, 0.2) is 0 Å². The second-order valence-corrected chi connectivity index (χ2v) is 19.9. The van der Waals surface area contributed by atoms with E-state index in [-0.39, 0.29) is 37.3 Å². The van der Waals surface area contributed by atoms with Crippen LogP contribution in [0.2, 0.25) is 0 Å². The second kappa shape index (κ2) is 21.0. The molecule has 3 aliphatic carbocycles. The smallest absolute Gasteiger partial charge is 0.247 e. The Bertz CT molecular complexity index is 2390. The summed E-state index contributed by atoms with van der Waals surface area (Å²) in [6.45, 7) is 2.00. The molecule has 5 fully saturated rings. The maximum Gasteiger partial charge on any atom is 0.247 e. The van der Waals surface area contributed by atoms with Gasteiger partial charge < -0.3 is 45.5 Å². The molecule has 4 heterocycles. The zero-order valence-corrected chi connectivity index (χ0v) is 39.6. The molecule has 1 aromatic heterocycles. The van der Waals surface area contributed by atoms with Gasteiger partial charge in [0.25, 0.3) is 0 Å². The van der Waals surface area contributed by atoms with E-state index in [0.29, 0.717) is 84.2 Å². The topological polar surface area (TPSA) is 195 Å². The molecule has 9 rings (SSSR count). The number of aromatic amines is 1. The molecule has 6 amide bonds. The van der Waals surface area contributed by atoms with Crippen molar-refractivity contribution in [1.82, 2.24) is 41.0 Å². The van der Waals surface area contributed by atoms with Gasteiger partial charge >= 0.3 is 0 Å². The van der Waals surface area contributed by atoms with Crippen molar-refractivity contribution in [2.45, 2.75) is 132 Å². The van der Waals surface area contributed by atoms with Crippen LogP contribution in [0.3, 0.4) is 0 Å². The van der Waals surface area contributed by atoms with Crippen molar-refractivity contribution in [2.75, 3.05) is 53.6 Å². The van der Waals surface area contributed by atoms with Gasteiger partial charge in [-0.1, -0.05) is 74.2 Å². The first-order valence-electron chi connectivity index (χ1n) is 25.0. The minimum absolute atomic E-state index is 0.0829. The van der Waals surface area contributed by atoms with Gasteiger partial charge in [0.1, 0.15) is 35.7 Å². The van der Waals surface area contributed by atoms with Gasteiger partial charge in [0.05, 0.1) is 13.2 Å². The monoisotopic (exact) mass is 933 g/mol. The SMILES string of the molecule is COCCN(CCOC)C[C@@H]1NC(=O)[C@H](Cc2c[nH]c3ccccc23)NC(=O)C2(CCCC2)NC(=O)[C@H](CC2=CCc3ccccc32)NC(=O)[C@@H]2C[C@@H]3CCCC[C@@H]3N2C(=O)[C@H]2CCCN2C1=O. The molecule has 364 valence electrons. The summed E-state index contributed by atoms with van der Waals surface area (Å²) in [7, 11) is 3.20. The number of nitrogens with one attached hydrogen (secondary N) is 5. The van der Waals surface area contributed by atoms with Crippen molar-refractivity contribution in [3.05, 3.63) is 77.5 Å². The van der Waals surface area contributed by atoms with Gasteiger partial charge in [-0.05, 0) is 85.6 Å². The number of carbonyl (C=O) groups is 6. The molecular formula is C52H68N8O8.